The van der Waals surface area contributed by atoms with Gasteiger partial charge < -0.3 is 9.32 Å². The van der Waals surface area contributed by atoms with Crippen LogP contribution in [0.5, 0.6) is 0 Å². The topological polar surface area (TPSA) is 59.2 Å². The summed E-state index contributed by atoms with van der Waals surface area (Å²) in [6, 6.07) is 3.75. The van der Waals surface area contributed by atoms with Crippen LogP contribution in [-0.2, 0) is 11.2 Å². The van der Waals surface area contributed by atoms with E-state index in [2.05, 4.69) is 9.97 Å². The van der Waals surface area contributed by atoms with Crippen LogP contribution in [0.4, 0.5) is 0 Å². The zero-order valence-electron chi connectivity index (χ0n) is 12.9. The number of pyridine rings is 1. The summed E-state index contributed by atoms with van der Waals surface area (Å²) in [5.74, 6) is 1.39. The molecule has 2 aromatic heterocycles. The first-order chi connectivity index (χ1) is 10.7. The van der Waals surface area contributed by atoms with Gasteiger partial charge in [-0.05, 0) is 31.9 Å². The van der Waals surface area contributed by atoms with Gasteiger partial charge in [-0.3, -0.25) is 9.78 Å². The van der Waals surface area contributed by atoms with E-state index in [0.29, 0.717) is 18.1 Å². The Morgan fingerprint density at radius 3 is 2.73 bits per heavy atom. The summed E-state index contributed by atoms with van der Waals surface area (Å²) < 4.78 is 5.69. The van der Waals surface area contributed by atoms with Gasteiger partial charge in [0.2, 0.25) is 11.8 Å². The molecule has 22 heavy (non-hydrogen) atoms. The van der Waals surface area contributed by atoms with E-state index in [9.17, 15) is 4.79 Å². The van der Waals surface area contributed by atoms with Gasteiger partial charge in [0.25, 0.3) is 0 Å². The molecule has 0 N–H and O–H groups in total. The molecular formula is C17H21N3O2. The van der Waals surface area contributed by atoms with Crippen molar-refractivity contribution in [1.29, 1.82) is 0 Å². The molecule has 0 saturated carbocycles. The maximum absolute atomic E-state index is 12.5. The predicted molar refractivity (Wildman–Crippen MR) is 83.2 cm³/mol. The van der Waals surface area contributed by atoms with Crippen molar-refractivity contribution in [2.45, 2.75) is 39.0 Å². The van der Waals surface area contributed by atoms with Crippen LogP contribution >= 0.6 is 0 Å². The molecule has 1 aliphatic rings. The number of aromatic nitrogens is 2. The van der Waals surface area contributed by atoms with Crippen LogP contribution in [0, 0.1) is 6.92 Å². The Bertz CT molecular complexity index is 629. The van der Waals surface area contributed by atoms with Crippen LogP contribution in [-0.4, -0.2) is 33.9 Å². The van der Waals surface area contributed by atoms with E-state index in [4.69, 9.17) is 4.42 Å². The van der Waals surface area contributed by atoms with E-state index in [1.807, 2.05) is 24.0 Å². The zero-order chi connectivity index (χ0) is 15.4. The predicted octanol–water partition coefficient (Wildman–Crippen LogP) is 2.99. The Morgan fingerprint density at radius 2 is 2.05 bits per heavy atom. The van der Waals surface area contributed by atoms with Gasteiger partial charge in [0.1, 0.15) is 5.76 Å². The van der Waals surface area contributed by atoms with E-state index in [1.54, 1.807) is 12.4 Å². The van der Waals surface area contributed by atoms with Gasteiger partial charge in [0.15, 0.2) is 0 Å². The van der Waals surface area contributed by atoms with Crippen molar-refractivity contribution in [2.24, 2.45) is 0 Å². The van der Waals surface area contributed by atoms with Gasteiger partial charge >= 0.3 is 0 Å². The lowest BCUT2D eigenvalue weighted by Gasteiger charge is -2.19. The highest BCUT2D eigenvalue weighted by Crippen LogP contribution is 2.21. The first-order valence-corrected chi connectivity index (χ1v) is 7.88. The Labute approximate surface area is 130 Å². The standard InChI is InChI=1S/C17H21N3O2/c1-13-15(11-16(21)20-9-4-2-3-5-10-20)19-17(22-13)14-7-6-8-18-12-14/h6-8,12H,2-5,9-11H2,1H3. The van der Waals surface area contributed by atoms with Crippen molar-refractivity contribution in [1.82, 2.24) is 14.9 Å². The number of rotatable bonds is 3. The van der Waals surface area contributed by atoms with Gasteiger partial charge in [0.05, 0.1) is 17.7 Å². The Kier molecular flexibility index (Phi) is 4.51. The highest BCUT2D eigenvalue weighted by molar-refractivity contribution is 5.78. The zero-order valence-corrected chi connectivity index (χ0v) is 12.9. The molecule has 0 radical (unpaired) electrons. The van der Waals surface area contributed by atoms with Gasteiger partial charge in [-0.15, -0.1) is 0 Å². The molecular weight excluding hydrogens is 278 g/mol. The van der Waals surface area contributed by atoms with E-state index in [1.165, 1.54) is 12.8 Å². The van der Waals surface area contributed by atoms with Crippen molar-refractivity contribution < 1.29 is 9.21 Å². The summed E-state index contributed by atoms with van der Waals surface area (Å²) in [5.41, 5.74) is 1.56. The number of hydrogen-bond acceptors (Lipinski definition) is 4. The number of hydrogen-bond donors (Lipinski definition) is 0. The molecule has 0 bridgehead atoms. The summed E-state index contributed by atoms with van der Waals surface area (Å²) >= 11 is 0. The van der Waals surface area contributed by atoms with Crippen LogP contribution in [0.15, 0.2) is 28.9 Å². The summed E-state index contributed by atoms with van der Waals surface area (Å²) in [7, 11) is 0. The van der Waals surface area contributed by atoms with Crippen molar-refractivity contribution in [3.63, 3.8) is 0 Å². The second-order valence-electron chi connectivity index (χ2n) is 5.74. The minimum absolute atomic E-state index is 0.149. The number of carbonyl (C=O) groups is 1. The quantitative estimate of drug-likeness (QED) is 0.874. The fourth-order valence-corrected chi connectivity index (χ4v) is 2.78. The first-order valence-electron chi connectivity index (χ1n) is 7.88. The van der Waals surface area contributed by atoms with Crippen molar-refractivity contribution in [3.8, 4) is 11.5 Å². The Hall–Kier alpha value is -2.17. The third-order valence-corrected chi connectivity index (χ3v) is 4.08. The molecule has 0 spiro atoms. The third-order valence-electron chi connectivity index (χ3n) is 4.08. The summed E-state index contributed by atoms with van der Waals surface area (Å²) in [6.45, 7) is 3.59. The molecule has 0 atom stereocenters. The molecule has 1 fully saturated rings. The largest absolute Gasteiger partial charge is 0.441 e. The Balaban J connectivity index is 1.72. The molecule has 116 valence electrons. The highest BCUT2D eigenvalue weighted by atomic mass is 16.4. The lowest BCUT2D eigenvalue weighted by molar-refractivity contribution is -0.130. The first kappa shape index (κ1) is 14.8. The summed E-state index contributed by atoms with van der Waals surface area (Å²) in [5, 5.41) is 0. The van der Waals surface area contributed by atoms with Crippen LogP contribution in [0.2, 0.25) is 0 Å². The van der Waals surface area contributed by atoms with Crippen LogP contribution < -0.4 is 0 Å². The molecule has 1 aliphatic heterocycles. The molecule has 2 aromatic rings. The normalized spacial score (nSPS) is 15.6. The third kappa shape index (κ3) is 3.35. The van der Waals surface area contributed by atoms with E-state index in [0.717, 1.165) is 37.2 Å². The summed E-state index contributed by atoms with van der Waals surface area (Å²) in [4.78, 5) is 23.0. The molecule has 1 amide bonds. The van der Waals surface area contributed by atoms with Gasteiger partial charge in [-0.2, -0.15) is 0 Å². The maximum Gasteiger partial charge on any atom is 0.228 e. The van der Waals surface area contributed by atoms with Gasteiger partial charge in [-0.1, -0.05) is 12.8 Å². The number of carbonyl (C=O) groups excluding carboxylic acids is 1. The van der Waals surface area contributed by atoms with Gasteiger partial charge in [0, 0.05) is 25.5 Å². The lowest BCUT2D eigenvalue weighted by Crippen LogP contribution is -2.33. The molecule has 5 heteroatoms. The number of nitrogens with zero attached hydrogens (tertiary/aromatic N) is 3. The van der Waals surface area contributed by atoms with Crippen LogP contribution in [0.25, 0.3) is 11.5 Å². The fraction of sp³-hybridized carbons (Fsp3) is 0.471. The van der Waals surface area contributed by atoms with Gasteiger partial charge in [-0.25, -0.2) is 4.98 Å². The smallest absolute Gasteiger partial charge is 0.228 e. The maximum atomic E-state index is 12.5. The minimum atomic E-state index is 0.149. The molecule has 3 heterocycles. The van der Waals surface area contributed by atoms with E-state index < -0.39 is 0 Å². The second kappa shape index (κ2) is 6.73. The number of amides is 1. The SMILES string of the molecule is Cc1oc(-c2cccnc2)nc1CC(=O)N1CCCCCC1. The fourth-order valence-electron chi connectivity index (χ4n) is 2.78. The monoisotopic (exact) mass is 299 g/mol. The molecule has 5 nitrogen and oxygen atoms in total. The average Bonchev–Trinajstić information content (AvgIpc) is 2.76. The second-order valence-corrected chi connectivity index (χ2v) is 5.74. The van der Waals surface area contributed by atoms with Crippen molar-refractivity contribution >= 4 is 5.91 Å². The lowest BCUT2D eigenvalue weighted by atomic mass is 10.2. The average molecular weight is 299 g/mol. The summed E-state index contributed by atoms with van der Waals surface area (Å²) in [6.07, 6.45) is 8.38. The molecule has 1 saturated heterocycles. The molecule has 0 unspecified atom stereocenters. The number of aryl methyl sites for hydroxylation is 1. The van der Waals surface area contributed by atoms with E-state index >= 15 is 0 Å². The molecule has 0 aromatic carbocycles. The van der Waals surface area contributed by atoms with Crippen molar-refractivity contribution in [2.75, 3.05) is 13.1 Å². The molecule has 0 aliphatic carbocycles. The minimum Gasteiger partial charge on any atom is -0.441 e. The number of oxazole rings is 1. The highest BCUT2D eigenvalue weighted by Gasteiger charge is 2.20. The number of likely N-dealkylation sites (tertiary alicyclic amines) is 1. The van der Waals surface area contributed by atoms with E-state index in [-0.39, 0.29) is 5.91 Å². The Morgan fingerprint density at radius 1 is 1.27 bits per heavy atom. The molecule has 3 rings (SSSR count). The van der Waals surface area contributed by atoms with Crippen LogP contribution in [0.1, 0.15) is 37.1 Å². The van der Waals surface area contributed by atoms with Crippen molar-refractivity contribution in [3.05, 3.63) is 36.0 Å². The van der Waals surface area contributed by atoms with Crippen LogP contribution in [0.3, 0.4) is 0 Å².